The van der Waals surface area contributed by atoms with Gasteiger partial charge in [-0.3, -0.25) is 4.79 Å². The first kappa shape index (κ1) is 9.93. The van der Waals surface area contributed by atoms with Gasteiger partial charge < -0.3 is 10.3 Å². The molecule has 78 valence electrons. The first-order valence-corrected chi connectivity index (χ1v) is 6.02. The number of aromatic amines is 1. The second-order valence-electron chi connectivity index (χ2n) is 4.13. The van der Waals surface area contributed by atoms with Crippen LogP contribution in [0.15, 0.2) is 10.2 Å². The van der Waals surface area contributed by atoms with Crippen LogP contribution in [0, 0.1) is 5.92 Å². The molecule has 0 amide bonds. The van der Waals surface area contributed by atoms with Crippen molar-refractivity contribution in [1.82, 2.24) is 10.3 Å². The van der Waals surface area contributed by atoms with Gasteiger partial charge in [0.05, 0.1) is 0 Å². The van der Waals surface area contributed by atoms with Crippen molar-refractivity contribution in [3.05, 3.63) is 20.7 Å². The van der Waals surface area contributed by atoms with Crippen LogP contribution in [0.3, 0.4) is 0 Å². The van der Waals surface area contributed by atoms with Crippen LogP contribution < -0.4 is 10.2 Å². The number of H-pyrrole nitrogens is 1. The Morgan fingerprint density at radius 2 is 2.50 bits per heavy atom. The fourth-order valence-corrected chi connectivity index (χ4v) is 2.20. The molecule has 2 N–H and O–H groups in total. The van der Waals surface area contributed by atoms with E-state index in [4.69, 9.17) is 0 Å². The average molecular weight is 212 g/mol. The van der Waals surface area contributed by atoms with Crippen LogP contribution >= 0.6 is 11.3 Å². The Bertz CT molecular complexity index is 340. The Hall–Kier alpha value is -0.610. The molecule has 0 aromatic carbocycles. The molecule has 1 heterocycles. The number of nitrogens with one attached hydrogen (secondary N) is 2. The average Bonchev–Trinajstić information content (AvgIpc) is 2.85. The molecular formula is C10H16N2OS. The van der Waals surface area contributed by atoms with Crippen LogP contribution in [0.25, 0.3) is 0 Å². The normalized spacial score (nSPS) is 18.4. The quantitative estimate of drug-likeness (QED) is 0.780. The Labute approximate surface area is 87.6 Å². The first-order valence-electron chi connectivity index (χ1n) is 5.14. The van der Waals surface area contributed by atoms with Gasteiger partial charge in [0, 0.05) is 23.7 Å². The van der Waals surface area contributed by atoms with E-state index in [0.717, 1.165) is 18.2 Å². The highest BCUT2D eigenvalue weighted by Gasteiger charge is 2.23. The molecule has 0 bridgehead atoms. The topological polar surface area (TPSA) is 44.9 Å². The van der Waals surface area contributed by atoms with E-state index >= 15 is 0 Å². The maximum absolute atomic E-state index is 10.9. The third-order valence-corrected chi connectivity index (χ3v) is 3.31. The van der Waals surface area contributed by atoms with E-state index < -0.39 is 0 Å². The lowest BCUT2D eigenvalue weighted by molar-refractivity contribution is 0.484. The van der Waals surface area contributed by atoms with E-state index in [0.29, 0.717) is 6.04 Å². The van der Waals surface area contributed by atoms with Crippen molar-refractivity contribution in [3.63, 3.8) is 0 Å². The fourth-order valence-electron chi connectivity index (χ4n) is 1.62. The standard InChI is InChI=1S/C10H16N2OS/c1-7(4-8-2-3-8)11-5-9-6-14-10(13)12-9/h6-8,11H,2-5H2,1H3,(H,12,13). The molecular weight excluding hydrogens is 196 g/mol. The molecule has 1 saturated carbocycles. The third kappa shape index (κ3) is 2.96. The van der Waals surface area contributed by atoms with Crippen LogP contribution in [0.5, 0.6) is 0 Å². The molecule has 0 spiro atoms. The predicted octanol–water partition coefficient (Wildman–Crippen LogP) is 1.71. The molecule has 0 saturated heterocycles. The number of aromatic nitrogens is 1. The van der Waals surface area contributed by atoms with Crippen LogP contribution in [-0.2, 0) is 6.54 Å². The highest BCUT2D eigenvalue weighted by molar-refractivity contribution is 7.07. The van der Waals surface area contributed by atoms with E-state index in [1.165, 1.54) is 30.6 Å². The molecule has 3 nitrogen and oxygen atoms in total. The second kappa shape index (κ2) is 4.28. The second-order valence-corrected chi connectivity index (χ2v) is 4.98. The lowest BCUT2D eigenvalue weighted by Gasteiger charge is -2.11. The number of rotatable bonds is 5. The first-order chi connectivity index (χ1) is 6.74. The van der Waals surface area contributed by atoms with E-state index in [1.54, 1.807) is 0 Å². The fraction of sp³-hybridized carbons (Fsp3) is 0.700. The Morgan fingerprint density at radius 1 is 1.71 bits per heavy atom. The molecule has 2 rings (SSSR count). The molecule has 0 radical (unpaired) electrons. The SMILES string of the molecule is CC(CC1CC1)NCc1csc(=O)[nH]1. The van der Waals surface area contributed by atoms with Crippen molar-refractivity contribution in [2.75, 3.05) is 0 Å². The van der Waals surface area contributed by atoms with E-state index in [2.05, 4.69) is 17.2 Å². The van der Waals surface area contributed by atoms with Gasteiger partial charge in [-0.2, -0.15) is 0 Å². The summed E-state index contributed by atoms with van der Waals surface area (Å²) in [5.74, 6) is 0.957. The summed E-state index contributed by atoms with van der Waals surface area (Å²) in [5.41, 5.74) is 1.00. The lowest BCUT2D eigenvalue weighted by atomic mass is 10.1. The van der Waals surface area contributed by atoms with Crippen molar-refractivity contribution in [3.8, 4) is 0 Å². The minimum atomic E-state index is 0.0386. The zero-order valence-corrected chi connectivity index (χ0v) is 9.19. The van der Waals surface area contributed by atoms with E-state index in [1.807, 2.05) is 5.38 Å². The molecule has 14 heavy (non-hydrogen) atoms. The van der Waals surface area contributed by atoms with Crippen molar-refractivity contribution in [1.29, 1.82) is 0 Å². The summed E-state index contributed by atoms with van der Waals surface area (Å²) in [4.78, 5) is 13.7. The third-order valence-electron chi connectivity index (χ3n) is 2.60. The summed E-state index contributed by atoms with van der Waals surface area (Å²) in [6, 6.07) is 0.561. The predicted molar refractivity (Wildman–Crippen MR) is 58.6 cm³/mol. The monoisotopic (exact) mass is 212 g/mol. The minimum absolute atomic E-state index is 0.0386. The number of thiazole rings is 1. The molecule has 1 fully saturated rings. The zero-order valence-electron chi connectivity index (χ0n) is 8.38. The summed E-state index contributed by atoms with van der Waals surface area (Å²) in [5, 5.41) is 5.31. The van der Waals surface area contributed by atoms with Gasteiger partial charge in [-0.05, 0) is 19.3 Å². The largest absolute Gasteiger partial charge is 0.315 e. The summed E-state index contributed by atoms with van der Waals surface area (Å²) in [7, 11) is 0. The zero-order chi connectivity index (χ0) is 9.97. The van der Waals surface area contributed by atoms with Gasteiger partial charge in [0.25, 0.3) is 0 Å². The molecule has 1 aromatic rings. The van der Waals surface area contributed by atoms with Gasteiger partial charge in [-0.25, -0.2) is 0 Å². The Balaban J connectivity index is 1.72. The van der Waals surface area contributed by atoms with Gasteiger partial charge in [-0.1, -0.05) is 24.2 Å². The van der Waals surface area contributed by atoms with Crippen LogP contribution in [0.1, 0.15) is 31.9 Å². The van der Waals surface area contributed by atoms with Crippen LogP contribution in [-0.4, -0.2) is 11.0 Å². The van der Waals surface area contributed by atoms with Gasteiger partial charge in [-0.15, -0.1) is 0 Å². The Kier molecular flexibility index (Phi) is 3.03. The smallest absolute Gasteiger partial charge is 0.304 e. The molecule has 1 atom stereocenters. The Morgan fingerprint density at radius 3 is 3.07 bits per heavy atom. The van der Waals surface area contributed by atoms with Crippen LogP contribution in [0.2, 0.25) is 0 Å². The molecule has 1 aliphatic carbocycles. The molecule has 0 aliphatic heterocycles. The van der Waals surface area contributed by atoms with Crippen molar-refractivity contribution in [2.24, 2.45) is 5.92 Å². The van der Waals surface area contributed by atoms with Crippen molar-refractivity contribution >= 4 is 11.3 Å². The van der Waals surface area contributed by atoms with E-state index in [-0.39, 0.29) is 4.87 Å². The van der Waals surface area contributed by atoms with Gasteiger partial charge in [0.1, 0.15) is 0 Å². The summed E-state index contributed by atoms with van der Waals surface area (Å²) in [6.45, 7) is 3.00. The van der Waals surface area contributed by atoms with Crippen molar-refractivity contribution < 1.29 is 0 Å². The maximum Gasteiger partial charge on any atom is 0.304 e. The minimum Gasteiger partial charge on any atom is -0.315 e. The highest BCUT2D eigenvalue weighted by Crippen LogP contribution is 2.33. The van der Waals surface area contributed by atoms with Gasteiger partial charge in [0.15, 0.2) is 0 Å². The molecule has 1 aliphatic rings. The van der Waals surface area contributed by atoms with Gasteiger partial charge >= 0.3 is 4.87 Å². The van der Waals surface area contributed by atoms with Crippen LogP contribution in [0.4, 0.5) is 0 Å². The summed E-state index contributed by atoms with van der Waals surface area (Å²) < 4.78 is 0. The molecule has 4 heteroatoms. The maximum atomic E-state index is 10.9. The van der Waals surface area contributed by atoms with Gasteiger partial charge in [0.2, 0.25) is 0 Å². The molecule has 1 aromatic heterocycles. The number of hydrogen-bond acceptors (Lipinski definition) is 3. The van der Waals surface area contributed by atoms with E-state index in [9.17, 15) is 4.79 Å². The number of hydrogen-bond donors (Lipinski definition) is 2. The summed E-state index contributed by atoms with van der Waals surface area (Å²) >= 11 is 1.23. The lowest BCUT2D eigenvalue weighted by Crippen LogP contribution is -2.26. The van der Waals surface area contributed by atoms with Crippen molar-refractivity contribution in [2.45, 2.75) is 38.8 Å². The summed E-state index contributed by atoms with van der Waals surface area (Å²) in [6.07, 6.45) is 4.08. The molecule has 1 unspecified atom stereocenters. The highest BCUT2D eigenvalue weighted by atomic mass is 32.1.